The predicted octanol–water partition coefficient (Wildman–Crippen LogP) is 3.42. The van der Waals surface area contributed by atoms with Gasteiger partial charge in [0.05, 0.1) is 5.56 Å². The van der Waals surface area contributed by atoms with E-state index in [2.05, 4.69) is 5.32 Å². The molecule has 3 N–H and O–H groups in total. The van der Waals surface area contributed by atoms with Crippen molar-refractivity contribution in [3.05, 3.63) is 65.7 Å². The standard InChI is InChI=1S/C20H22N2O5/c1-20(2,3)27-19(25)22-15-11-9-14(10-12-15)18(24)26-16(17(21)23)13-7-5-4-6-8-13/h4-12,16H,1-3H3,(H2,21,23)(H,22,25). The number of nitrogens with one attached hydrogen (secondary N) is 1. The third-order valence-electron chi connectivity index (χ3n) is 3.35. The number of nitrogens with two attached hydrogens (primary N) is 1. The third kappa shape index (κ3) is 6.14. The van der Waals surface area contributed by atoms with Crippen LogP contribution >= 0.6 is 0 Å². The van der Waals surface area contributed by atoms with Crippen LogP contribution in [0.4, 0.5) is 10.5 Å². The Hall–Kier alpha value is -3.35. The molecule has 0 fully saturated rings. The van der Waals surface area contributed by atoms with Crippen molar-refractivity contribution < 1.29 is 23.9 Å². The summed E-state index contributed by atoms with van der Waals surface area (Å²) in [7, 11) is 0. The molecule has 7 nitrogen and oxygen atoms in total. The molecular formula is C20H22N2O5. The van der Waals surface area contributed by atoms with Gasteiger partial charge in [0, 0.05) is 11.3 Å². The van der Waals surface area contributed by atoms with Crippen molar-refractivity contribution in [1.82, 2.24) is 0 Å². The number of hydrogen-bond acceptors (Lipinski definition) is 5. The molecule has 0 saturated heterocycles. The van der Waals surface area contributed by atoms with E-state index in [4.69, 9.17) is 15.2 Å². The Morgan fingerprint density at radius 3 is 2.07 bits per heavy atom. The van der Waals surface area contributed by atoms with Crippen molar-refractivity contribution in [3.63, 3.8) is 0 Å². The molecule has 2 aromatic carbocycles. The summed E-state index contributed by atoms with van der Waals surface area (Å²) in [5, 5.41) is 2.56. The zero-order chi connectivity index (χ0) is 20.0. The predicted molar refractivity (Wildman–Crippen MR) is 100 cm³/mol. The van der Waals surface area contributed by atoms with Crippen LogP contribution in [-0.4, -0.2) is 23.6 Å². The number of benzene rings is 2. The van der Waals surface area contributed by atoms with Crippen molar-refractivity contribution in [1.29, 1.82) is 0 Å². The molecule has 0 saturated carbocycles. The van der Waals surface area contributed by atoms with Crippen LogP contribution in [0.25, 0.3) is 0 Å². The van der Waals surface area contributed by atoms with Gasteiger partial charge in [0.2, 0.25) is 6.10 Å². The summed E-state index contributed by atoms with van der Waals surface area (Å²) in [5.74, 6) is -1.47. The zero-order valence-corrected chi connectivity index (χ0v) is 15.4. The van der Waals surface area contributed by atoms with Gasteiger partial charge in [0.15, 0.2) is 0 Å². The van der Waals surface area contributed by atoms with Crippen LogP contribution in [0.5, 0.6) is 0 Å². The molecule has 2 amide bonds. The number of hydrogen-bond donors (Lipinski definition) is 2. The smallest absolute Gasteiger partial charge is 0.412 e. The van der Waals surface area contributed by atoms with Gasteiger partial charge in [-0.3, -0.25) is 10.1 Å². The van der Waals surface area contributed by atoms with Crippen molar-refractivity contribution in [2.24, 2.45) is 5.73 Å². The van der Waals surface area contributed by atoms with Gasteiger partial charge >= 0.3 is 12.1 Å². The van der Waals surface area contributed by atoms with E-state index in [-0.39, 0.29) is 5.56 Å². The van der Waals surface area contributed by atoms with Crippen LogP contribution in [0.3, 0.4) is 0 Å². The quantitative estimate of drug-likeness (QED) is 0.784. The molecule has 1 unspecified atom stereocenters. The molecule has 2 aromatic rings. The fourth-order valence-electron chi connectivity index (χ4n) is 2.20. The average molecular weight is 370 g/mol. The summed E-state index contributed by atoms with van der Waals surface area (Å²) >= 11 is 0. The van der Waals surface area contributed by atoms with E-state index in [1.54, 1.807) is 51.1 Å². The first kappa shape index (κ1) is 20.0. The highest BCUT2D eigenvalue weighted by Gasteiger charge is 2.23. The monoisotopic (exact) mass is 370 g/mol. The molecule has 0 spiro atoms. The molecule has 142 valence electrons. The lowest BCUT2D eigenvalue weighted by molar-refractivity contribution is -0.127. The summed E-state index contributed by atoms with van der Waals surface area (Å²) < 4.78 is 10.4. The van der Waals surface area contributed by atoms with Crippen LogP contribution in [0.2, 0.25) is 0 Å². The van der Waals surface area contributed by atoms with Gasteiger partial charge in [0.25, 0.3) is 5.91 Å². The second kappa shape index (κ2) is 8.35. The fourth-order valence-corrected chi connectivity index (χ4v) is 2.20. The average Bonchev–Trinajstić information content (AvgIpc) is 2.59. The van der Waals surface area contributed by atoms with E-state index in [9.17, 15) is 14.4 Å². The second-order valence-corrected chi connectivity index (χ2v) is 6.80. The first-order chi connectivity index (χ1) is 12.7. The van der Waals surface area contributed by atoms with E-state index in [0.29, 0.717) is 11.3 Å². The topological polar surface area (TPSA) is 108 Å². The Morgan fingerprint density at radius 2 is 1.56 bits per heavy atom. The van der Waals surface area contributed by atoms with E-state index in [1.807, 2.05) is 0 Å². The lowest BCUT2D eigenvalue weighted by Crippen LogP contribution is -2.27. The Bertz CT molecular complexity index is 811. The summed E-state index contributed by atoms with van der Waals surface area (Å²) in [4.78, 5) is 35.7. The number of ether oxygens (including phenoxy) is 2. The van der Waals surface area contributed by atoms with Crippen LogP contribution in [0.1, 0.15) is 42.8 Å². The molecule has 0 aliphatic carbocycles. The molecule has 27 heavy (non-hydrogen) atoms. The number of carbonyl (C=O) groups is 3. The van der Waals surface area contributed by atoms with Gasteiger partial charge in [-0.2, -0.15) is 0 Å². The minimum Gasteiger partial charge on any atom is -0.444 e. The first-order valence-electron chi connectivity index (χ1n) is 8.31. The number of esters is 1. The number of anilines is 1. The lowest BCUT2D eigenvalue weighted by atomic mass is 10.1. The van der Waals surface area contributed by atoms with Gasteiger partial charge in [-0.1, -0.05) is 30.3 Å². The zero-order valence-electron chi connectivity index (χ0n) is 15.4. The van der Waals surface area contributed by atoms with Gasteiger partial charge in [0.1, 0.15) is 5.60 Å². The number of carbonyl (C=O) groups excluding carboxylic acids is 3. The SMILES string of the molecule is CC(C)(C)OC(=O)Nc1ccc(C(=O)OC(C(N)=O)c2ccccc2)cc1. The summed E-state index contributed by atoms with van der Waals surface area (Å²) in [6, 6.07) is 14.5. The Kier molecular flexibility index (Phi) is 6.18. The van der Waals surface area contributed by atoms with Crippen molar-refractivity contribution in [3.8, 4) is 0 Å². The Balaban J connectivity index is 2.04. The molecule has 0 bridgehead atoms. The Labute approximate surface area is 157 Å². The minimum absolute atomic E-state index is 0.215. The van der Waals surface area contributed by atoms with Crippen LogP contribution in [-0.2, 0) is 14.3 Å². The fraction of sp³-hybridized carbons (Fsp3) is 0.250. The van der Waals surface area contributed by atoms with Crippen molar-refractivity contribution in [2.75, 3.05) is 5.32 Å². The molecule has 7 heteroatoms. The maximum absolute atomic E-state index is 12.3. The normalized spacial score (nSPS) is 12.0. The third-order valence-corrected chi connectivity index (χ3v) is 3.35. The second-order valence-electron chi connectivity index (χ2n) is 6.80. The minimum atomic E-state index is -1.18. The molecule has 0 aromatic heterocycles. The number of primary amides is 1. The maximum atomic E-state index is 12.3. The van der Waals surface area contributed by atoms with E-state index < -0.39 is 29.7 Å². The van der Waals surface area contributed by atoms with Gasteiger partial charge in [-0.25, -0.2) is 9.59 Å². The number of amides is 2. The first-order valence-corrected chi connectivity index (χ1v) is 8.31. The summed E-state index contributed by atoms with van der Waals surface area (Å²) in [5.41, 5.74) is 5.89. The molecule has 0 aliphatic rings. The summed E-state index contributed by atoms with van der Waals surface area (Å²) in [6.45, 7) is 5.27. The molecular weight excluding hydrogens is 348 g/mol. The highest BCUT2D eigenvalue weighted by atomic mass is 16.6. The molecule has 0 aliphatic heterocycles. The number of rotatable bonds is 5. The summed E-state index contributed by atoms with van der Waals surface area (Å²) in [6.07, 6.45) is -1.78. The molecule has 0 radical (unpaired) electrons. The van der Waals surface area contributed by atoms with Crippen LogP contribution < -0.4 is 11.1 Å². The van der Waals surface area contributed by atoms with Crippen molar-refractivity contribution >= 4 is 23.7 Å². The molecule has 2 rings (SSSR count). The maximum Gasteiger partial charge on any atom is 0.412 e. The van der Waals surface area contributed by atoms with Gasteiger partial charge in [-0.05, 0) is 45.0 Å². The highest BCUT2D eigenvalue weighted by molar-refractivity contribution is 5.93. The van der Waals surface area contributed by atoms with Gasteiger partial charge < -0.3 is 15.2 Å². The van der Waals surface area contributed by atoms with Crippen LogP contribution in [0, 0.1) is 0 Å². The van der Waals surface area contributed by atoms with Crippen LogP contribution in [0.15, 0.2) is 54.6 Å². The van der Waals surface area contributed by atoms with Crippen molar-refractivity contribution in [2.45, 2.75) is 32.5 Å². The van der Waals surface area contributed by atoms with E-state index in [0.717, 1.165) is 0 Å². The lowest BCUT2D eigenvalue weighted by Gasteiger charge is -2.19. The largest absolute Gasteiger partial charge is 0.444 e. The molecule has 0 heterocycles. The highest BCUT2D eigenvalue weighted by Crippen LogP contribution is 2.20. The van der Waals surface area contributed by atoms with Gasteiger partial charge in [-0.15, -0.1) is 0 Å². The van der Waals surface area contributed by atoms with E-state index >= 15 is 0 Å². The Morgan fingerprint density at radius 1 is 0.963 bits per heavy atom. The molecule has 1 atom stereocenters. The van der Waals surface area contributed by atoms with E-state index in [1.165, 1.54) is 24.3 Å².